The molecule has 3 nitrogen and oxygen atoms in total. The van der Waals surface area contributed by atoms with Crippen molar-refractivity contribution in [2.75, 3.05) is 7.11 Å². The zero-order chi connectivity index (χ0) is 13.0. The van der Waals surface area contributed by atoms with Crippen LogP contribution in [-0.4, -0.2) is 18.3 Å². The smallest absolute Gasteiger partial charge is 0.118 e. The highest BCUT2D eigenvalue weighted by Crippen LogP contribution is 2.42. The molecule has 2 rings (SSSR count). The minimum absolute atomic E-state index is 0.375. The molecule has 3 heteroatoms. The Labute approximate surface area is 108 Å². The van der Waals surface area contributed by atoms with Gasteiger partial charge in [0.25, 0.3) is 0 Å². The molecule has 1 aliphatic rings. The summed E-state index contributed by atoms with van der Waals surface area (Å²) in [6, 6.07) is 10.00. The molecule has 1 aromatic carbocycles. The van der Waals surface area contributed by atoms with Gasteiger partial charge in [-0.25, -0.2) is 0 Å². The van der Waals surface area contributed by atoms with Gasteiger partial charge in [0.2, 0.25) is 0 Å². The summed E-state index contributed by atoms with van der Waals surface area (Å²) in [5.41, 5.74) is 0.663. The lowest BCUT2D eigenvalue weighted by atomic mass is 9.66. The van der Waals surface area contributed by atoms with Crippen LogP contribution in [0.5, 0.6) is 5.75 Å². The van der Waals surface area contributed by atoms with E-state index in [0.29, 0.717) is 6.42 Å². The van der Waals surface area contributed by atoms with E-state index < -0.39 is 6.10 Å². The Balaban J connectivity index is 2.36. The van der Waals surface area contributed by atoms with Gasteiger partial charge < -0.3 is 9.84 Å². The first-order chi connectivity index (χ1) is 8.73. The molecule has 0 heterocycles. The molecule has 2 atom stereocenters. The maximum Gasteiger partial charge on any atom is 0.118 e. The molecule has 0 spiro atoms. The van der Waals surface area contributed by atoms with Crippen molar-refractivity contribution in [2.45, 2.75) is 43.6 Å². The van der Waals surface area contributed by atoms with E-state index in [1.54, 1.807) is 7.11 Å². The lowest BCUT2D eigenvalue weighted by Crippen LogP contribution is -2.42. The normalized spacial score (nSPS) is 27.5. The molecule has 1 aliphatic carbocycles. The molecule has 1 saturated carbocycles. The lowest BCUT2D eigenvalue weighted by molar-refractivity contribution is 0.0439. The molecule has 18 heavy (non-hydrogen) atoms. The predicted molar refractivity (Wildman–Crippen MR) is 69.4 cm³/mol. The zero-order valence-electron chi connectivity index (χ0n) is 10.7. The van der Waals surface area contributed by atoms with Crippen LogP contribution in [0, 0.1) is 11.3 Å². The van der Waals surface area contributed by atoms with Gasteiger partial charge in [-0.3, -0.25) is 0 Å². The van der Waals surface area contributed by atoms with Crippen molar-refractivity contribution < 1.29 is 9.84 Å². The third-order valence-electron chi connectivity index (χ3n) is 4.05. The topological polar surface area (TPSA) is 53.2 Å². The van der Waals surface area contributed by atoms with E-state index in [2.05, 4.69) is 6.07 Å². The van der Waals surface area contributed by atoms with E-state index in [0.717, 1.165) is 37.0 Å². The number of aliphatic hydroxyl groups is 1. The van der Waals surface area contributed by atoms with E-state index in [1.807, 2.05) is 24.3 Å². The van der Waals surface area contributed by atoms with E-state index in [1.165, 1.54) is 0 Å². The number of hydrogen-bond acceptors (Lipinski definition) is 3. The second-order valence-electron chi connectivity index (χ2n) is 4.98. The summed E-state index contributed by atoms with van der Waals surface area (Å²) in [7, 11) is 1.63. The largest absolute Gasteiger partial charge is 0.497 e. The number of benzene rings is 1. The zero-order valence-corrected chi connectivity index (χ0v) is 10.7. The van der Waals surface area contributed by atoms with Gasteiger partial charge in [0.1, 0.15) is 5.75 Å². The monoisotopic (exact) mass is 245 g/mol. The van der Waals surface area contributed by atoms with Crippen LogP contribution in [0.3, 0.4) is 0 Å². The molecule has 0 bridgehead atoms. The van der Waals surface area contributed by atoms with Crippen LogP contribution in [0.15, 0.2) is 24.3 Å². The molecule has 1 aromatic rings. The Morgan fingerprint density at radius 3 is 2.67 bits per heavy atom. The predicted octanol–water partition coefficient (Wildman–Crippen LogP) is 2.78. The number of nitriles is 1. The molecular formula is C15H19NO2. The molecule has 1 N–H and O–H groups in total. The number of nitrogens with zero attached hydrogens (tertiary/aromatic N) is 1. The standard InChI is InChI=1S/C15H19NO2/c1-18-13-7-5-12(6-8-13)15(10-11-16)9-3-2-4-14(15)17/h5-8,14,17H,2-4,9-10H2,1H3. The van der Waals surface area contributed by atoms with Crippen LogP contribution in [0.25, 0.3) is 0 Å². The second kappa shape index (κ2) is 5.41. The highest BCUT2D eigenvalue weighted by atomic mass is 16.5. The fourth-order valence-electron chi connectivity index (χ4n) is 2.93. The third-order valence-corrected chi connectivity index (χ3v) is 4.05. The summed E-state index contributed by atoms with van der Waals surface area (Å²) in [6.45, 7) is 0. The van der Waals surface area contributed by atoms with E-state index in [-0.39, 0.29) is 5.41 Å². The Hall–Kier alpha value is -1.53. The number of rotatable bonds is 3. The maximum absolute atomic E-state index is 10.3. The molecule has 0 radical (unpaired) electrons. The van der Waals surface area contributed by atoms with Gasteiger partial charge in [0.15, 0.2) is 0 Å². The molecule has 1 fully saturated rings. The first-order valence-corrected chi connectivity index (χ1v) is 6.42. The SMILES string of the molecule is COc1ccc(C2(CC#N)CCCCC2O)cc1. The second-order valence-corrected chi connectivity index (χ2v) is 4.98. The van der Waals surface area contributed by atoms with Crippen LogP contribution in [0.1, 0.15) is 37.7 Å². The summed E-state index contributed by atoms with van der Waals surface area (Å²) in [4.78, 5) is 0. The highest BCUT2D eigenvalue weighted by molar-refractivity contribution is 5.34. The number of methoxy groups -OCH3 is 1. The summed E-state index contributed by atoms with van der Waals surface area (Å²) in [5.74, 6) is 0.802. The van der Waals surface area contributed by atoms with Crippen LogP contribution in [-0.2, 0) is 5.41 Å². The molecule has 0 saturated heterocycles. The quantitative estimate of drug-likeness (QED) is 0.890. The van der Waals surface area contributed by atoms with Crippen LogP contribution < -0.4 is 4.74 Å². The van der Waals surface area contributed by atoms with Gasteiger partial charge >= 0.3 is 0 Å². The average molecular weight is 245 g/mol. The van der Waals surface area contributed by atoms with Crippen LogP contribution in [0.4, 0.5) is 0 Å². The first kappa shape index (κ1) is 12.9. The molecule has 0 aliphatic heterocycles. The Kier molecular flexibility index (Phi) is 3.88. The van der Waals surface area contributed by atoms with Crippen molar-refractivity contribution >= 4 is 0 Å². The molecule has 0 aromatic heterocycles. The Morgan fingerprint density at radius 1 is 1.39 bits per heavy atom. The van der Waals surface area contributed by atoms with Gasteiger partial charge in [0, 0.05) is 11.8 Å². The van der Waals surface area contributed by atoms with E-state index >= 15 is 0 Å². The Bertz CT molecular complexity index is 435. The highest BCUT2D eigenvalue weighted by Gasteiger charge is 2.41. The summed E-state index contributed by atoms with van der Waals surface area (Å²) < 4.78 is 5.15. The van der Waals surface area contributed by atoms with Crippen molar-refractivity contribution in [3.8, 4) is 11.8 Å². The summed E-state index contributed by atoms with van der Waals surface area (Å²) >= 11 is 0. The minimum atomic E-state index is -0.417. The molecule has 96 valence electrons. The van der Waals surface area contributed by atoms with Crippen molar-refractivity contribution in [1.82, 2.24) is 0 Å². The van der Waals surface area contributed by atoms with Crippen LogP contribution >= 0.6 is 0 Å². The molecular weight excluding hydrogens is 226 g/mol. The Morgan fingerprint density at radius 2 is 2.11 bits per heavy atom. The van der Waals surface area contributed by atoms with Gasteiger partial charge in [0.05, 0.1) is 19.3 Å². The number of ether oxygens (including phenoxy) is 1. The van der Waals surface area contributed by atoms with Crippen molar-refractivity contribution in [3.63, 3.8) is 0 Å². The minimum Gasteiger partial charge on any atom is -0.497 e. The summed E-state index contributed by atoms with van der Waals surface area (Å²) in [5, 5.41) is 19.4. The van der Waals surface area contributed by atoms with E-state index in [9.17, 15) is 5.11 Å². The maximum atomic E-state index is 10.3. The summed E-state index contributed by atoms with van der Waals surface area (Å²) in [6.07, 6.45) is 3.75. The molecule has 0 amide bonds. The number of aliphatic hydroxyl groups excluding tert-OH is 1. The first-order valence-electron chi connectivity index (χ1n) is 6.42. The number of hydrogen-bond donors (Lipinski definition) is 1. The van der Waals surface area contributed by atoms with E-state index in [4.69, 9.17) is 10.00 Å². The van der Waals surface area contributed by atoms with Gasteiger partial charge in [-0.15, -0.1) is 0 Å². The van der Waals surface area contributed by atoms with Gasteiger partial charge in [-0.1, -0.05) is 25.0 Å². The lowest BCUT2D eigenvalue weighted by Gasteiger charge is -2.40. The van der Waals surface area contributed by atoms with Gasteiger partial charge in [-0.05, 0) is 30.5 Å². The van der Waals surface area contributed by atoms with Gasteiger partial charge in [-0.2, -0.15) is 5.26 Å². The fourth-order valence-corrected chi connectivity index (χ4v) is 2.93. The van der Waals surface area contributed by atoms with Crippen molar-refractivity contribution in [1.29, 1.82) is 5.26 Å². The molecule has 2 unspecified atom stereocenters. The van der Waals surface area contributed by atoms with Crippen molar-refractivity contribution in [3.05, 3.63) is 29.8 Å². The van der Waals surface area contributed by atoms with Crippen LogP contribution in [0.2, 0.25) is 0 Å². The third kappa shape index (κ3) is 2.21. The van der Waals surface area contributed by atoms with Crippen molar-refractivity contribution in [2.24, 2.45) is 0 Å². The fraction of sp³-hybridized carbons (Fsp3) is 0.533. The average Bonchev–Trinajstić information content (AvgIpc) is 2.42.